The molecule has 54 valence electrons. The molecule has 0 saturated carbocycles. The molecule has 0 aliphatic carbocycles. The van der Waals surface area contributed by atoms with Crippen molar-refractivity contribution in [3.8, 4) is 0 Å². The number of hydrogen-bond acceptors (Lipinski definition) is 1. The highest BCUT2D eigenvalue weighted by atomic mass is 19.3. The largest absolute Gasteiger partial charge is 0.496 e. The van der Waals surface area contributed by atoms with Crippen LogP contribution in [0.25, 0.3) is 0 Å². The minimum Gasteiger partial charge on any atom is -0.496 e. The molecule has 0 atom stereocenters. The van der Waals surface area contributed by atoms with Gasteiger partial charge in [0.05, 0.1) is 7.11 Å². The molecule has 0 radical (unpaired) electrons. The van der Waals surface area contributed by atoms with Gasteiger partial charge in [-0.05, 0) is 6.42 Å². The predicted molar refractivity (Wildman–Crippen MR) is 31.2 cm³/mol. The Labute approximate surface area is 53.3 Å². The smallest absolute Gasteiger partial charge is 0.307 e. The van der Waals surface area contributed by atoms with Crippen LogP contribution in [-0.2, 0) is 4.74 Å². The van der Waals surface area contributed by atoms with Gasteiger partial charge in [0, 0.05) is 6.42 Å². The average molecular weight is 136 g/mol. The van der Waals surface area contributed by atoms with Crippen LogP contribution in [0.1, 0.15) is 19.8 Å². The summed E-state index contributed by atoms with van der Waals surface area (Å²) in [5.74, 6) is -0.197. The fourth-order valence-electron chi connectivity index (χ4n) is 0.501. The summed E-state index contributed by atoms with van der Waals surface area (Å²) >= 11 is 0. The topological polar surface area (TPSA) is 9.23 Å². The predicted octanol–water partition coefficient (Wildman–Crippen LogP) is 2.54. The van der Waals surface area contributed by atoms with Gasteiger partial charge in [-0.2, -0.15) is 8.78 Å². The second-order valence-electron chi connectivity index (χ2n) is 1.64. The summed E-state index contributed by atoms with van der Waals surface area (Å²) in [4.78, 5) is 0. The van der Waals surface area contributed by atoms with Crippen molar-refractivity contribution in [1.29, 1.82) is 0 Å². The molecule has 0 fully saturated rings. The lowest BCUT2D eigenvalue weighted by molar-refractivity contribution is 0.234. The second-order valence-corrected chi connectivity index (χ2v) is 1.64. The Morgan fingerprint density at radius 1 is 1.44 bits per heavy atom. The van der Waals surface area contributed by atoms with Crippen molar-refractivity contribution in [3.05, 3.63) is 11.8 Å². The van der Waals surface area contributed by atoms with Crippen LogP contribution in [0.5, 0.6) is 0 Å². The molecule has 0 aromatic rings. The van der Waals surface area contributed by atoms with Crippen LogP contribution in [0, 0.1) is 0 Å². The Balaban J connectivity index is 3.83. The first-order valence-electron chi connectivity index (χ1n) is 2.80. The standard InChI is InChI=1S/C6H10F2O/c1-3-4-5(9-2)6(7)8/h3-4H2,1-2H3. The molecule has 0 N–H and O–H groups in total. The molecule has 1 nitrogen and oxygen atoms in total. The van der Waals surface area contributed by atoms with Crippen molar-refractivity contribution < 1.29 is 13.5 Å². The Kier molecular flexibility index (Phi) is 4.01. The van der Waals surface area contributed by atoms with Gasteiger partial charge in [-0.25, -0.2) is 0 Å². The average Bonchev–Trinajstić information content (AvgIpc) is 1.82. The van der Waals surface area contributed by atoms with Crippen LogP contribution in [-0.4, -0.2) is 7.11 Å². The normalized spacial score (nSPS) is 8.89. The monoisotopic (exact) mass is 136 g/mol. The van der Waals surface area contributed by atoms with Crippen molar-refractivity contribution in [3.63, 3.8) is 0 Å². The first-order chi connectivity index (χ1) is 4.22. The zero-order valence-electron chi connectivity index (χ0n) is 5.58. The van der Waals surface area contributed by atoms with Gasteiger partial charge in [0.1, 0.15) is 0 Å². The van der Waals surface area contributed by atoms with Crippen molar-refractivity contribution in [2.45, 2.75) is 19.8 Å². The van der Waals surface area contributed by atoms with Gasteiger partial charge < -0.3 is 4.74 Å². The van der Waals surface area contributed by atoms with Crippen LogP contribution >= 0.6 is 0 Å². The van der Waals surface area contributed by atoms with E-state index in [4.69, 9.17) is 0 Å². The van der Waals surface area contributed by atoms with Gasteiger partial charge in [0.2, 0.25) is 0 Å². The van der Waals surface area contributed by atoms with E-state index in [0.717, 1.165) is 0 Å². The van der Waals surface area contributed by atoms with Gasteiger partial charge in [-0.1, -0.05) is 6.92 Å². The molecule has 3 heteroatoms. The summed E-state index contributed by atoms with van der Waals surface area (Å²) in [7, 11) is 1.25. The van der Waals surface area contributed by atoms with Gasteiger partial charge in [0.15, 0.2) is 5.76 Å². The third-order valence-corrected chi connectivity index (χ3v) is 0.934. The van der Waals surface area contributed by atoms with E-state index in [9.17, 15) is 8.78 Å². The van der Waals surface area contributed by atoms with Crippen molar-refractivity contribution in [2.24, 2.45) is 0 Å². The second kappa shape index (κ2) is 4.30. The molecule has 0 unspecified atom stereocenters. The first kappa shape index (κ1) is 8.40. The molecule has 9 heavy (non-hydrogen) atoms. The summed E-state index contributed by atoms with van der Waals surface area (Å²) < 4.78 is 27.7. The molecule has 0 saturated heterocycles. The SMILES string of the molecule is CCCC(OC)=C(F)F. The lowest BCUT2D eigenvalue weighted by atomic mass is 10.3. The van der Waals surface area contributed by atoms with E-state index >= 15 is 0 Å². The van der Waals surface area contributed by atoms with Crippen LogP contribution in [0.4, 0.5) is 8.78 Å². The maximum absolute atomic E-state index is 11.6. The number of allylic oxidation sites excluding steroid dienone is 1. The zero-order chi connectivity index (χ0) is 7.28. The molecule has 0 amide bonds. The Morgan fingerprint density at radius 3 is 2.11 bits per heavy atom. The van der Waals surface area contributed by atoms with Gasteiger partial charge in [-0.15, -0.1) is 0 Å². The number of rotatable bonds is 3. The van der Waals surface area contributed by atoms with Crippen molar-refractivity contribution in [1.82, 2.24) is 0 Å². The Hall–Kier alpha value is -0.600. The Morgan fingerprint density at radius 2 is 2.00 bits per heavy atom. The highest BCUT2D eigenvalue weighted by Crippen LogP contribution is 2.13. The molecule has 0 rings (SSSR count). The molecule has 0 aromatic heterocycles. The molecular weight excluding hydrogens is 126 g/mol. The van der Waals surface area contributed by atoms with E-state index in [1.165, 1.54) is 7.11 Å². The minimum atomic E-state index is -1.71. The lowest BCUT2D eigenvalue weighted by Gasteiger charge is -2.00. The molecule has 0 aromatic carbocycles. The molecular formula is C6H10F2O. The minimum absolute atomic E-state index is 0.197. The summed E-state index contributed by atoms with van der Waals surface area (Å²) in [6.07, 6.45) is -0.710. The molecule has 0 aliphatic heterocycles. The Bertz CT molecular complexity index is 106. The van der Waals surface area contributed by atoms with E-state index in [1.54, 1.807) is 0 Å². The van der Waals surface area contributed by atoms with Gasteiger partial charge in [-0.3, -0.25) is 0 Å². The third kappa shape index (κ3) is 3.06. The third-order valence-electron chi connectivity index (χ3n) is 0.934. The fourth-order valence-corrected chi connectivity index (χ4v) is 0.501. The van der Waals surface area contributed by atoms with E-state index in [2.05, 4.69) is 4.74 Å². The quantitative estimate of drug-likeness (QED) is 0.542. The van der Waals surface area contributed by atoms with Crippen molar-refractivity contribution >= 4 is 0 Å². The number of hydrogen-bond donors (Lipinski definition) is 0. The maximum atomic E-state index is 11.6. The van der Waals surface area contributed by atoms with Gasteiger partial charge >= 0.3 is 6.08 Å². The fraction of sp³-hybridized carbons (Fsp3) is 0.667. The summed E-state index contributed by atoms with van der Waals surface area (Å²) in [5, 5.41) is 0. The first-order valence-corrected chi connectivity index (χ1v) is 2.80. The van der Waals surface area contributed by atoms with Gasteiger partial charge in [0.25, 0.3) is 0 Å². The molecule has 0 spiro atoms. The lowest BCUT2D eigenvalue weighted by Crippen LogP contribution is -1.86. The summed E-state index contributed by atoms with van der Waals surface area (Å²) in [6, 6.07) is 0. The summed E-state index contributed by atoms with van der Waals surface area (Å²) in [6.45, 7) is 1.82. The van der Waals surface area contributed by atoms with Crippen LogP contribution in [0.3, 0.4) is 0 Å². The van der Waals surface area contributed by atoms with E-state index in [-0.39, 0.29) is 5.76 Å². The number of halogens is 2. The van der Waals surface area contributed by atoms with Crippen LogP contribution in [0.2, 0.25) is 0 Å². The van der Waals surface area contributed by atoms with Crippen molar-refractivity contribution in [2.75, 3.05) is 7.11 Å². The highest BCUT2D eigenvalue weighted by molar-refractivity contribution is 4.91. The molecule has 0 aliphatic rings. The highest BCUT2D eigenvalue weighted by Gasteiger charge is 2.02. The number of methoxy groups -OCH3 is 1. The number of ether oxygens (including phenoxy) is 1. The van der Waals surface area contributed by atoms with Crippen LogP contribution < -0.4 is 0 Å². The van der Waals surface area contributed by atoms with E-state index in [0.29, 0.717) is 12.8 Å². The summed E-state index contributed by atoms with van der Waals surface area (Å²) in [5.41, 5.74) is 0. The molecule has 0 heterocycles. The maximum Gasteiger partial charge on any atom is 0.307 e. The van der Waals surface area contributed by atoms with E-state index in [1.807, 2.05) is 6.92 Å². The van der Waals surface area contributed by atoms with E-state index < -0.39 is 6.08 Å². The van der Waals surface area contributed by atoms with Crippen LogP contribution in [0.15, 0.2) is 11.8 Å². The molecule has 0 bridgehead atoms. The zero-order valence-corrected chi connectivity index (χ0v) is 5.58.